The van der Waals surface area contributed by atoms with E-state index in [9.17, 15) is 9.59 Å². The summed E-state index contributed by atoms with van der Waals surface area (Å²) in [6.07, 6.45) is 6.21. The van der Waals surface area contributed by atoms with Crippen molar-refractivity contribution in [2.75, 3.05) is 20.8 Å². The van der Waals surface area contributed by atoms with Crippen molar-refractivity contribution in [2.45, 2.75) is 45.6 Å². The zero-order valence-corrected chi connectivity index (χ0v) is 16.9. The van der Waals surface area contributed by atoms with Gasteiger partial charge in [-0.3, -0.25) is 0 Å². The third-order valence-electron chi connectivity index (χ3n) is 4.48. The molecule has 0 atom stereocenters. The van der Waals surface area contributed by atoms with Gasteiger partial charge in [0.1, 0.15) is 11.5 Å². The molecule has 0 fully saturated rings. The molecule has 0 bridgehead atoms. The number of carbonyl (C=O) groups excluding carboxylic acids is 2. The van der Waals surface area contributed by atoms with Crippen LogP contribution < -0.4 is 5.32 Å². The summed E-state index contributed by atoms with van der Waals surface area (Å²) in [5, 5.41) is 3.38. The Balaban J connectivity index is 2.04. The van der Waals surface area contributed by atoms with Gasteiger partial charge in [-0.2, -0.15) is 0 Å². The normalized spacial score (nSPS) is 10.7. The molecule has 6 nitrogen and oxygen atoms in total. The number of methoxy groups -OCH3 is 2. The number of unbranched alkanes of at least 4 members (excludes halogenated alkanes) is 4. The molecule has 0 radical (unpaired) electrons. The number of ether oxygens (including phenoxy) is 2. The number of hydrogen-bond donors (Lipinski definition) is 1. The predicted octanol–water partition coefficient (Wildman–Crippen LogP) is 4.58. The molecule has 1 aromatic carbocycles. The quantitative estimate of drug-likeness (QED) is 0.449. The number of carbonyl (C=O) groups is 2. The van der Waals surface area contributed by atoms with Gasteiger partial charge in [0.15, 0.2) is 0 Å². The van der Waals surface area contributed by atoms with E-state index in [0.29, 0.717) is 17.9 Å². The molecule has 28 heavy (non-hydrogen) atoms. The first kappa shape index (κ1) is 21.7. The van der Waals surface area contributed by atoms with Crippen molar-refractivity contribution in [2.24, 2.45) is 0 Å². The van der Waals surface area contributed by atoms with Gasteiger partial charge in [-0.15, -0.1) is 0 Å². The van der Waals surface area contributed by atoms with E-state index in [4.69, 9.17) is 13.9 Å². The summed E-state index contributed by atoms with van der Waals surface area (Å²) in [6, 6.07) is 8.45. The van der Waals surface area contributed by atoms with Gasteiger partial charge in [0.25, 0.3) is 0 Å². The Kier molecular flexibility index (Phi) is 8.75. The summed E-state index contributed by atoms with van der Waals surface area (Å²) in [5.74, 6) is 0.328. The van der Waals surface area contributed by atoms with Crippen LogP contribution in [0.1, 0.15) is 65.5 Å². The minimum absolute atomic E-state index is 0.267. The zero-order valence-electron chi connectivity index (χ0n) is 16.9. The molecule has 2 rings (SSSR count). The minimum atomic E-state index is -0.525. The SMILES string of the molecule is CCCCCCCNCc1ccc(-c2cc(C(=O)OC)cc(C(=O)OC)c2)o1. The molecule has 0 unspecified atom stereocenters. The van der Waals surface area contributed by atoms with Gasteiger partial charge in [-0.05, 0) is 43.3 Å². The van der Waals surface area contributed by atoms with E-state index in [1.807, 2.05) is 12.1 Å². The minimum Gasteiger partial charge on any atom is -0.465 e. The van der Waals surface area contributed by atoms with Crippen molar-refractivity contribution in [3.8, 4) is 11.3 Å². The predicted molar refractivity (Wildman–Crippen MR) is 107 cm³/mol. The largest absolute Gasteiger partial charge is 0.465 e. The molecule has 0 aliphatic heterocycles. The number of furan rings is 1. The topological polar surface area (TPSA) is 77.8 Å². The summed E-state index contributed by atoms with van der Waals surface area (Å²) in [7, 11) is 2.59. The van der Waals surface area contributed by atoms with Crippen LogP contribution in [0.2, 0.25) is 0 Å². The average molecular weight is 387 g/mol. The second-order valence-corrected chi connectivity index (χ2v) is 6.64. The highest BCUT2D eigenvalue weighted by atomic mass is 16.5. The highest BCUT2D eigenvalue weighted by Gasteiger charge is 2.16. The van der Waals surface area contributed by atoms with Crippen molar-refractivity contribution >= 4 is 11.9 Å². The molecule has 152 valence electrons. The molecule has 0 amide bonds. The smallest absolute Gasteiger partial charge is 0.337 e. The molecule has 2 aromatic rings. The Bertz CT molecular complexity index is 747. The number of nitrogens with one attached hydrogen (secondary N) is 1. The summed E-state index contributed by atoms with van der Waals surface area (Å²) >= 11 is 0. The van der Waals surface area contributed by atoms with Crippen LogP contribution in [-0.4, -0.2) is 32.7 Å². The van der Waals surface area contributed by atoms with E-state index < -0.39 is 11.9 Å². The summed E-state index contributed by atoms with van der Waals surface area (Å²) in [6.45, 7) is 3.79. The van der Waals surface area contributed by atoms with E-state index in [1.165, 1.54) is 46.0 Å². The standard InChI is InChI=1S/C22H29NO5/c1-4-5-6-7-8-11-23-15-19-9-10-20(28-19)16-12-17(21(24)26-2)14-18(13-16)22(25)27-3/h9-10,12-14,23H,4-8,11,15H2,1-3H3. The number of hydrogen-bond acceptors (Lipinski definition) is 6. The highest BCUT2D eigenvalue weighted by Crippen LogP contribution is 2.25. The van der Waals surface area contributed by atoms with Crippen molar-refractivity contribution in [1.82, 2.24) is 5.32 Å². The van der Waals surface area contributed by atoms with Gasteiger partial charge in [0.2, 0.25) is 0 Å². The highest BCUT2D eigenvalue weighted by molar-refractivity contribution is 5.97. The molecule has 0 saturated carbocycles. The first-order chi connectivity index (χ1) is 13.6. The fourth-order valence-corrected chi connectivity index (χ4v) is 2.93. The van der Waals surface area contributed by atoms with E-state index >= 15 is 0 Å². The van der Waals surface area contributed by atoms with Crippen LogP contribution in [0.4, 0.5) is 0 Å². The van der Waals surface area contributed by atoms with Crippen molar-refractivity contribution in [1.29, 1.82) is 0 Å². The molecular weight excluding hydrogens is 358 g/mol. The number of rotatable bonds is 11. The van der Waals surface area contributed by atoms with E-state index in [2.05, 4.69) is 12.2 Å². The van der Waals surface area contributed by atoms with Crippen LogP contribution >= 0.6 is 0 Å². The summed E-state index contributed by atoms with van der Waals surface area (Å²) in [4.78, 5) is 23.8. The molecule has 0 aliphatic rings. The van der Waals surface area contributed by atoms with Gasteiger partial charge < -0.3 is 19.2 Å². The van der Waals surface area contributed by atoms with Gasteiger partial charge in [0.05, 0.1) is 31.9 Å². The fraction of sp³-hybridized carbons (Fsp3) is 0.455. The van der Waals surface area contributed by atoms with Crippen LogP contribution in [0, 0.1) is 0 Å². The summed E-state index contributed by atoms with van der Waals surface area (Å²) < 4.78 is 15.4. The van der Waals surface area contributed by atoms with E-state index in [1.54, 1.807) is 12.1 Å². The molecule has 0 aliphatic carbocycles. The van der Waals surface area contributed by atoms with Crippen LogP contribution in [-0.2, 0) is 16.0 Å². The second kappa shape index (κ2) is 11.3. The monoisotopic (exact) mass is 387 g/mol. The fourth-order valence-electron chi connectivity index (χ4n) is 2.93. The maximum absolute atomic E-state index is 11.9. The third kappa shape index (κ3) is 6.23. The lowest BCUT2D eigenvalue weighted by atomic mass is 10.0. The Hall–Kier alpha value is -2.60. The van der Waals surface area contributed by atoms with Crippen LogP contribution in [0.3, 0.4) is 0 Å². The molecule has 0 saturated heterocycles. The third-order valence-corrected chi connectivity index (χ3v) is 4.48. The van der Waals surface area contributed by atoms with Crippen LogP contribution in [0.5, 0.6) is 0 Å². The lowest BCUT2D eigenvalue weighted by molar-refractivity contribution is 0.0599. The Morgan fingerprint density at radius 3 is 2.18 bits per heavy atom. The van der Waals surface area contributed by atoms with Gasteiger partial charge in [-0.1, -0.05) is 32.6 Å². The van der Waals surface area contributed by atoms with Gasteiger partial charge in [0, 0.05) is 5.56 Å². The van der Waals surface area contributed by atoms with Gasteiger partial charge in [-0.25, -0.2) is 9.59 Å². The molecule has 6 heteroatoms. The second-order valence-electron chi connectivity index (χ2n) is 6.64. The average Bonchev–Trinajstić information content (AvgIpc) is 3.20. The number of esters is 2. The molecule has 1 aromatic heterocycles. The maximum Gasteiger partial charge on any atom is 0.337 e. The Labute approximate surface area is 166 Å². The molecular formula is C22H29NO5. The summed E-state index contributed by atoms with van der Waals surface area (Å²) in [5.41, 5.74) is 1.15. The molecule has 1 heterocycles. The Morgan fingerprint density at radius 2 is 1.57 bits per heavy atom. The van der Waals surface area contributed by atoms with Gasteiger partial charge >= 0.3 is 11.9 Å². The van der Waals surface area contributed by atoms with E-state index in [-0.39, 0.29) is 11.1 Å². The maximum atomic E-state index is 11.9. The van der Waals surface area contributed by atoms with Crippen molar-refractivity contribution < 1.29 is 23.5 Å². The Morgan fingerprint density at radius 1 is 0.929 bits per heavy atom. The van der Waals surface area contributed by atoms with Crippen molar-refractivity contribution in [3.63, 3.8) is 0 Å². The first-order valence-corrected chi connectivity index (χ1v) is 9.70. The molecule has 1 N–H and O–H groups in total. The first-order valence-electron chi connectivity index (χ1n) is 9.70. The zero-order chi connectivity index (χ0) is 20.4. The van der Waals surface area contributed by atoms with Crippen LogP contribution in [0.15, 0.2) is 34.7 Å². The van der Waals surface area contributed by atoms with E-state index in [0.717, 1.165) is 18.7 Å². The molecule has 0 spiro atoms. The lowest BCUT2D eigenvalue weighted by Gasteiger charge is -2.07. The lowest BCUT2D eigenvalue weighted by Crippen LogP contribution is -2.14. The van der Waals surface area contributed by atoms with Crippen molar-refractivity contribution in [3.05, 3.63) is 47.2 Å². The van der Waals surface area contributed by atoms with Crippen LogP contribution in [0.25, 0.3) is 11.3 Å². The number of benzene rings is 1.